The third-order valence-electron chi connectivity index (χ3n) is 6.35. The van der Waals surface area contributed by atoms with Crippen molar-refractivity contribution in [1.29, 1.82) is 0 Å². The second-order valence-electron chi connectivity index (χ2n) is 8.29. The molecule has 10 heteroatoms. The van der Waals surface area contributed by atoms with Crippen LogP contribution in [0, 0.1) is 6.92 Å². The Hall–Kier alpha value is -1.91. The Balaban J connectivity index is 1.60. The molecule has 0 saturated carbocycles. The van der Waals surface area contributed by atoms with Gasteiger partial charge in [-0.25, -0.2) is 8.42 Å². The van der Waals surface area contributed by atoms with Gasteiger partial charge < -0.3 is 14.6 Å². The Labute approximate surface area is 194 Å². The summed E-state index contributed by atoms with van der Waals surface area (Å²) in [5.74, 6) is -0.0654. The van der Waals surface area contributed by atoms with Crippen molar-refractivity contribution >= 4 is 27.5 Å². The van der Waals surface area contributed by atoms with Gasteiger partial charge in [-0.2, -0.15) is 4.31 Å². The van der Waals surface area contributed by atoms with Crippen molar-refractivity contribution in [3.05, 3.63) is 52.8 Å². The number of aliphatic hydroxyl groups excluding tert-OH is 1. The second-order valence-corrected chi connectivity index (χ2v) is 10.5. The van der Waals surface area contributed by atoms with Gasteiger partial charge in [-0.1, -0.05) is 23.7 Å². The maximum Gasteiger partial charge on any atom is 0.245 e. The quantitative estimate of drug-likeness (QED) is 0.680. The summed E-state index contributed by atoms with van der Waals surface area (Å²) < 4.78 is 30.9. The summed E-state index contributed by atoms with van der Waals surface area (Å²) in [6.45, 7) is 5.78. The normalized spacial score (nSPS) is 20.3. The van der Waals surface area contributed by atoms with Crippen LogP contribution in [0.25, 0.3) is 0 Å². The fourth-order valence-electron chi connectivity index (χ4n) is 4.65. The number of amides is 1. The van der Waals surface area contributed by atoms with E-state index in [1.54, 1.807) is 30.0 Å². The van der Waals surface area contributed by atoms with Crippen LogP contribution in [0.15, 0.2) is 41.4 Å². The number of aryl methyl sites for hydroxylation is 1. The van der Waals surface area contributed by atoms with E-state index in [0.29, 0.717) is 44.8 Å². The fraction of sp³-hybridized carbons (Fsp3) is 0.500. The first-order valence-corrected chi connectivity index (χ1v) is 12.7. The molecule has 1 saturated heterocycles. The Morgan fingerprint density at radius 3 is 2.53 bits per heavy atom. The zero-order chi connectivity index (χ0) is 22.9. The number of nitrogens with zero attached hydrogens (tertiary/aromatic N) is 4. The van der Waals surface area contributed by atoms with Crippen LogP contribution >= 0.6 is 11.6 Å². The number of hydrogen-bond acceptors (Lipinski definition) is 5. The standard InChI is InChI=1S/C22H29ClN4O4S/c1-17-4-2-5-18(23)22(17)32(30,31)27-13-12-25-7-3-6-19(25)20(27)16-21(29)26-10-8-24(9-11-26)14-15-28/h2-7,20,28H,8-16H2,1H3. The molecule has 1 aromatic carbocycles. The maximum absolute atomic E-state index is 13.7. The molecular formula is C22H29ClN4O4S. The van der Waals surface area contributed by atoms with Gasteiger partial charge in [0, 0.05) is 64.1 Å². The van der Waals surface area contributed by atoms with E-state index in [9.17, 15) is 13.2 Å². The number of rotatable bonds is 6. The molecule has 0 bridgehead atoms. The highest BCUT2D eigenvalue weighted by molar-refractivity contribution is 7.89. The second kappa shape index (κ2) is 9.52. The lowest BCUT2D eigenvalue weighted by Crippen LogP contribution is -2.50. The van der Waals surface area contributed by atoms with Gasteiger partial charge in [0.25, 0.3) is 0 Å². The molecule has 0 radical (unpaired) electrons. The zero-order valence-corrected chi connectivity index (χ0v) is 19.7. The lowest BCUT2D eigenvalue weighted by molar-refractivity contribution is -0.134. The summed E-state index contributed by atoms with van der Waals surface area (Å²) in [5, 5.41) is 9.32. The molecule has 0 spiro atoms. The lowest BCUT2D eigenvalue weighted by Gasteiger charge is -2.38. The Kier molecular flexibility index (Phi) is 6.92. The minimum Gasteiger partial charge on any atom is -0.395 e. The Morgan fingerprint density at radius 1 is 1.09 bits per heavy atom. The molecule has 1 fully saturated rings. The maximum atomic E-state index is 13.7. The van der Waals surface area contributed by atoms with Gasteiger partial charge in [0.05, 0.1) is 17.7 Å². The Morgan fingerprint density at radius 2 is 1.84 bits per heavy atom. The minimum atomic E-state index is -3.90. The van der Waals surface area contributed by atoms with Crippen LogP contribution in [0.5, 0.6) is 0 Å². The van der Waals surface area contributed by atoms with Gasteiger partial charge in [0.2, 0.25) is 15.9 Å². The molecule has 1 unspecified atom stereocenters. The molecule has 2 aromatic rings. The van der Waals surface area contributed by atoms with E-state index < -0.39 is 16.1 Å². The van der Waals surface area contributed by atoms with Gasteiger partial charge >= 0.3 is 0 Å². The topological polar surface area (TPSA) is 86.1 Å². The van der Waals surface area contributed by atoms with Crippen molar-refractivity contribution in [1.82, 2.24) is 18.7 Å². The van der Waals surface area contributed by atoms with E-state index in [2.05, 4.69) is 4.90 Å². The first kappa shape index (κ1) is 23.3. The van der Waals surface area contributed by atoms with Crippen molar-refractivity contribution < 1.29 is 18.3 Å². The molecule has 174 valence electrons. The largest absolute Gasteiger partial charge is 0.395 e. The average Bonchev–Trinajstić information content (AvgIpc) is 3.23. The smallest absolute Gasteiger partial charge is 0.245 e. The van der Waals surface area contributed by atoms with E-state index >= 15 is 0 Å². The monoisotopic (exact) mass is 480 g/mol. The number of β-amino-alcohol motifs (C(OH)–C–C–N with tert-alkyl or cyclic N) is 1. The molecule has 2 aliphatic rings. The molecule has 32 heavy (non-hydrogen) atoms. The summed E-state index contributed by atoms with van der Waals surface area (Å²) in [5.41, 5.74) is 1.40. The Bertz CT molecular complexity index is 1060. The van der Waals surface area contributed by atoms with Gasteiger partial charge in [-0.15, -0.1) is 0 Å². The molecule has 2 aliphatic heterocycles. The summed E-state index contributed by atoms with van der Waals surface area (Å²) >= 11 is 6.32. The van der Waals surface area contributed by atoms with Crippen LogP contribution in [0.1, 0.15) is 23.7 Å². The van der Waals surface area contributed by atoms with E-state index in [1.807, 2.05) is 22.9 Å². The van der Waals surface area contributed by atoms with Crippen molar-refractivity contribution in [2.24, 2.45) is 0 Å². The number of benzene rings is 1. The number of halogens is 1. The summed E-state index contributed by atoms with van der Waals surface area (Å²) in [6, 6.07) is 8.23. The molecule has 0 aliphatic carbocycles. The number of sulfonamides is 1. The van der Waals surface area contributed by atoms with Gasteiger partial charge in [0.15, 0.2) is 0 Å². The van der Waals surface area contributed by atoms with E-state index in [1.165, 1.54) is 4.31 Å². The fourth-order valence-corrected chi connectivity index (χ4v) is 7.03. The summed E-state index contributed by atoms with van der Waals surface area (Å²) in [6.07, 6.45) is 2.00. The third-order valence-corrected chi connectivity index (χ3v) is 8.89. The van der Waals surface area contributed by atoms with Crippen molar-refractivity contribution in [3.63, 3.8) is 0 Å². The minimum absolute atomic E-state index is 0.0654. The van der Waals surface area contributed by atoms with Crippen LogP contribution in [-0.2, 0) is 21.4 Å². The van der Waals surface area contributed by atoms with Crippen LogP contribution in [0.4, 0.5) is 0 Å². The number of carbonyl (C=O) groups is 1. The van der Waals surface area contributed by atoms with Crippen molar-refractivity contribution in [2.45, 2.75) is 30.8 Å². The lowest BCUT2D eigenvalue weighted by atomic mass is 10.1. The zero-order valence-electron chi connectivity index (χ0n) is 18.2. The molecule has 1 aromatic heterocycles. The van der Waals surface area contributed by atoms with Crippen LogP contribution in [-0.4, -0.2) is 84.0 Å². The van der Waals surface area contributed by atoms with Crippen molar-refractivity contribution in [2.75, 3.05) is 45.9 Å². The molecule has 4 rings (SSSR count). The number of carbonyl (C=O) groups excluding carboxylic acids is 1. The average molecular weight is 481 g/mol. The summed E-state index contributed by atoms with van der Waals surface area (Å²) in [4.78, 5) is 17.2. The van der Waals surface area contributed by atoms with Gasteiger partial charge in [0.1, 0.15) is 4.90 Å². The molecule has 8 nitrogen and oxygen atoms in total. The van der Waals surface area contributed by atoms with Gasteiger partial charge in [-0.3, -0.25) is 9.69 Å². The molecule has 1 N–H and O–H groups in total. The van der Waals surface area contributed by atoms with Crippen LogP contribution in [0.2, 0.25) is 5.02 Å². The van der Waals surface area contributed by atoms with E-state index in [4.69, 9.17) is 16.7 Å². The molecule has 3 heterocycles. The van der Waals surface area contributed by atoms with Gasteiger partial charge in [-0.05, 0) is 30.7 Å². The SMILES string of the molecule is Cc1cccc(Cl)c1S(=O)(=O)N1CCn2cccc2C1CC(=O)N1CCN(CCO)CC1. The number of aromatic nitrogens is 1. The van der Waals surface area contributed by atoms with Crippen molar-refractivity contribution in [3.8, 4) is 0 Å². The van der Waals surface area contributed by atoms with Crippen LogP contribution in [0.3, 0.4) is 0 Å². The first-order chi connectivity index (χ1) is 15.3. The number of hydrogen-bond donors (Lipinski definition) is 1. The number of piperazine rings is 1. The highest BCUT2D eigenvalue weighted by atomic mass is 35.5. The predicted octanol–water partition coefficient (Wildman–Crippen LogP) is 1.72. The molecular weight excluding hydrogens is 452 g/mol. The number of fused-ring (bicyclic) bond motifs is 1. The summed E-state index contributed by atoms with van der Waals surface area (Å²) in [7, 11) is -3.90. The van der Waals surface area contributed by atoms with E-state index in [0.717, 1.165) is 5.69 Å². The molecule has 1 atom stereocenters. The number of aliphatic hydroxyl groups is 1. The highest BCUT2D eigenvalue weighted by Crippen LogP contribution is 2.37. The molecule has 1 amide bonds. The highest BCUT2D eigenvalue weighted by Gasteiger charge is 2.40. The van der Waals surface area contributed by atoms with E-state index in [-0.39, 0.29) is 35.4 Å². The predicted molar refractivity (Wildman–Crippen MR) is 122 cm³/mol. The first-order valence-electron chi connectivity index (χ1n) is 10.9. The third kappa shape index (κ3) is 4.45. The van der Waals surface area contributed by atoms with Crippen LogP contribution < -0.4 is 0 Å².